The Balaban J connectivity index is 1.46. The van der Waals surface area contributed by atoms with Gasteiger partial charge in [-0.2, -0.15) is 4.98 Å². The zero-order chi connectivity index (χ0) is 23.1. The molecule has 4 aromatic heterocycles. The van der Waals surface area contributed by atoms with Gasteiger partial charge < -0.3 is 19.4 Å². The van der Waals surface area contributed by atoms with Crippen molar-refractivity contribution in [2.24, 2.45) is 0 Å². The Labute approximate surface area is 200 Å². The number of hydrogen-bond donors (Lipinski definition) is 1. The summed E-state index contributed by atoms with van der Waals surface area (Å²) >= 11 is 1.56. The topological polar surface area (TPSA) is 89.2 Å². The number of ether oxygens (including phenoxy) is 1. The van der Waals surface area contributed by atoms with E-state index in [1.165, 1.54) is 0 Å². The molecule has 0 unspecified atom stereocenters. The molecule has 1 aliphatic rings. The molecule has 1 fully saturated rings. The van der Waals surface area contributed by atoms with Crippen molar-refractivity contribution in [2.75, 3.05) is 37.7 Å². The molecule has 8 nitrogen and oxygen atoms in total. The standard InChI is InChI=1S/C25H24N6O2S/c1-3-32-23-21-20(28-25(30-23)31-12-10-26-11-13-31)19-15(2)27-22(29-24(19)34-21)17-8-6-16(7-9-17)18-5-4-14-33-18/h4-9,14,26H,3,10-13H2,1-2H3. The van der Waals surface area contributed by atoms with Gasteiger partial charge in [-0.25, -0.2) is 15.0 Å². The number of thiophene rings is 1. The van der Waals surface area contributed by atoms with E-state index in [0.717, 1.165) is 69.2 Å². The molecule has 0 spiro atoms. The van der Waals surface area contributed by atoms with Crippen LogP contribution >= 0.6 is 11.3 Å². The van der Waals surface area contributed by atoms with Gasteiger partial charge in [0, 0.05) is 37.3 Å². The summed E-state index contributed by atoms with van der Waals surface area (Å²) in [4.78, 5) is 22.6. The summed E-state index contributed by atoms with van der Waals surface area (Å²) < 4.78 is 12.4. The number of nitrogens with one attached hydrogen (secondary N) is 1. The number of hydrogen-bond acceptors (Lipinski definition) is 9. The van der Waals surface area contributed by atoms with Crippen LogP contribution in [0.15, 0.2) is 47.1 Å². The van der Waals surface area contributed by atoms with Crippen LogP contribution in [-0.2, 0) is 0 Å². The number of benzene rings is 1. The Hall–Kier alpha value is -3.56. The van der Waals surface area contributed by atoms with Gasteiger partial charge in [-0.1, -0.05) is 24.3 Å². The molecule has 1 aliphatic heterocycles. The molecule has 34 heavy (non-hydrogen) atoms. The second-order valence-electron chi connectivity index (χ2n) is 8.15. The summed E-state index contributed by atoms with van der Waals surface area (Å²) in [6.07, 6.45) is 1.68. The van der Waals surface area contributed by atoms with Gasteiger partial charge in [0.25, 0.3) is 0 Å². The van der Waals surface area contributed by atoms with Gasteiger partial charge in [-0.15, -0.1) is 11.3 Å². The predicted molar refractivity (Wildman–Crippen MR) is 135 cm³/mol. The lowest BCUT2D eigenvalue weighted by Crippen LogP contribution is -2.44. The van der Waals surface area contributed by atoms with Crippen LogP contribution in [0.1, 0.15) is 12.6 Å². The van der Waals surface area contributed by atoms with Crippen molar-refractivity contribution in [2.45, 2.75) is 13.8 Å². The Bertz CT molecular complexity index is 1460. The maximum Gasteiger partial charge on any atom is 0.236 e. The zero-order valence-corrected chi connectivity index (χ0v) is 19.9. The number of aryl methyl sites for hydroxylation is 1. The van der Waals surface area contributed by atoms with Crippen LogP contribution in [0.3, 0.4) is 0 Å². The zero-order valence-electron chi connectivity index (χ0n) is 19.0. The van der Waals surface area contributed by atoms with Crippen molar-refractivity contribution in [3.05, 3.63) is 48.4 Å². The third kappa shape index (κ3) is 3.66. The fourth-order valence-corrected chi connectivity index (χ4v) is 5.37. The molecule has 0 saturated carbocycles. The van der Waals surface area contributed by atoms with Crippen LogP contribution in [0.2, 0.25) is 0 Å². The van der Waals surface area contributed by atoms with E-state index in [9.17, 15) is 0 Å². The van der Waals surface area contributed by atoms with Gasteiger partial charge in [0.1, 0.15) is 20.8 Å². The largest absolute Gasteiger partial charge is 0.477 e. The molecule has 0 atom stereocenters. The molecule has 0 amide bonds. The Morgan fingerprint density at radius 3 is 2.56 bits per heavy atom. The molecule has 0 radical (unpaired) electrons. The van der Waals surface area contributed by atoms with E-state index < -0.39 is 0 Å². The van der Waals surface area contributed by atoms with E-state index in [1.54, 1.807) is 17.6 Å². The van der Waals surface area contributed by atoms with Gasteiger partial charge in [0.2, 0.25) is 11.8 Å². The van der Waals surface area contributed by atoms with Crippen molar-refractivity contribution in [3.63, 3.8) is 0 Å². The highest BCUT2D eigenvalue weighted by molar-refractivity contribution is 7.25. The van der Waals surface area contributed by atoms with Crippen LogP contribution < -0.4 is 15.0 Å². The van der Waals surface area contributed by atoms with Crippen molar-refractivity contribution in [1.29, 1.82) is 0 Å². The molecule has 6 rings (SSSR count). The number of anilines is 1. The lowest BCUT2D eigenvalue weighted by molar-refractivity contribution is 0.331. The minimum absolute atomic E-state index is 0.541. The van der Waals surface area contributed by atoms with Gasteiger partial charge in [-0.3, -0.25) is 0 Å². The van der Waals surface area contributed by atoms with Crippen LogP contribution in [0.25, 0.3) is 43.1 Å². The first kappa shape index (κ1) is 21.0. The average Bonchev–Trinajstić information content (AvgIpc) is 3.53. The Kier molecular flexibility index (Phi) is 5.35. The first-order valence-corrected chi connectivity index (χ1v) is 12.2. The predicted octanol–water partition coefficient (Wildman–Crippen LogP) is 4.68. The molecule has 0 aliphatic carbocycles. The number of rotatable bonds is 5. The van der Waals surface area contributed by atoms with Crippen molar-refractivity contribution < 1.29 is 9.15 Å². The fourth-order valence-electron chi connectivity index (χ4n) is 4.27. The number of fused-ring (bicyclic) bond motifs is 3. The second-order valence-corrected chi connectivity index (χ2v) is 9.15. The Morgan fingerprint density at radius 2 is 1.82 bits per heavy atom. The molecule has 172 valence electrons. The minimum Gasteiger partial charge on any atom is -0.477 e. The molecule has 9 heteroatoms. The van der Waals surface area contributed by atoms with Crippen LogP contribution in [-0.4, -0.2) is 52.7 Å². The average molecular weight is 473 g/mol. The van der Waals surface area contributed by atoms with E-state index in [4.69, 9.17) is 29.1 Å². The minimum atomic E-state index is 0.541. The van der Waals surface area contributed by atoms with Crippen LogP contribution in [0.4, 0.5) is 5.95 Å². The first-order chi connectivity index (χ1) is 16.7. The molecule has 1 N–H and O–H groups in total. The molecular formula is C25H24N6O2S. The third-order valence-corrected chi connectivity index (χ3v) is 7.01. The SMILES string of the molecule is CCOc1nc(N2CCNCC2)nc2c1sc1nc(-c3ccc(-c4ccco4)cc3)nc(C)c12. The van der Waals surface area contributed by atoms with E-state index in [-0.39, 0.29) is 0 Å². The summed E-state index contributed by atoms with van der Waals surface area (Å²) in [5.74, 6) is 2.85. The van der Waals surface area contributed by atoms with E-state index in [2.05, 4.69) is 10.2 Å². The second kappa shape index (κ2) is 8.66. The number of piperazine rings is 1. The summed E-state index contributed by atoms with van der Waals surface area (Å²) in [7, 11) is 0. The Morgan fingerprint density at radius 1 is 1.03 bits per heavy atom. The third-order valence-electron chi connectivity index (χ3n) is 5.94. The van der Waals surface area contributed by atoms with Crippen LogP contribution in [0.5, 0.6) is 5.88 Å². The highest BCUT2D eigenvalue weighted by Gasteiger charge is 2.22. The molecule has 0 bridgehead atoms. The van der Waals surface area contributed by atoms with Gasteiger partial charge in [0.15, 0.2) is 5.82 Å². The molecular weight excluding hydrogens is 448 g/mol. The normalized spacial score (nSPS) is 14.2. The number of furan rings is 1. The van der Waals surface area contributed by atoms with Crippen molar-refractivity contribution >= 4 is 37.7 Å². The smallest absolute Gasteiger partial charge is 0.236 e. The molecule has 5 aromatic rings. The molecule has 5 heterocycles. The number of nitrogens with zero attached hydrogens (tertiary/aromatic N) is 5. The maximum atomic E-state index is 5.94. The highest BCUT2D eigenvalue weighted by atomic mass is 32.1. The monoisotopic (exact) mass is 472 g/mol. The lowest BCUT2D eigenvalue weighted by atomic mass is 10.1. The lowest BCUT2D eigenvalue weighted by Gasteiger charge is -2.27. The van der Waals surface area contributed by atoms with Crippen molar-refractivity contribution in [1.82, 2.24) is 25.3 Å². The van der Waals surface area contributed by atoms with E-state index in [0.29, 0.717) is 24.3 Å². The van der Waals surface area contributed by atoms with Gasteiger partial charge >= 0.3 is 0 Å². The van der Waals surface area contributed by atoms with E-state index >= 15 is 0 Å². The molecule has 1 saturated heterocycles. The van der Waals surface area contributed by atoms with Gasteiger partial charge in [-0.05, 0) is 26.0 Å². The fraction of sp³-hybridized carbons (Fsp3) is 0.280. The highest BCUT2D eigenvalue weighted by Crippen LogP contribution is 2.39. The van der Waals surface area contributed by atoms with Crippen molar-refractivity contribution in [3.8, 4) is 28.6 Å². The summed E-state index contributed by atoms with van der Waals surface area (Å²) in [5, 5.41) is 4.34. The van der Waals surface area contributed by atoms with Gasteiger partial charge in [0.05, 0.1) is 24.0 Å². The summed E-state index contributed by atoms with van der Waals surface area (Å²) in [6, 6.07) is 11.9. The quantitative estimate of drug-likeness (QED) is 0.394. The number of aromatic nitrogens is 4. The van der Waals surface area contributed by atoms with E-state index in [1.807, 2.05) is 50.2 Å². The summed E-state index contributed by atoms with van der Waals surface area (Å²) in [6.45, 7) is 8.10. The first-order valence-electron chi connectivity index (χ1n) is 11.4. The summed E-state index contributed by atoms with van der Waals surface area (Å²) in [5.41, 5.74) is 3.74. The maximum absolute atomic E-state index is 5.94. The van der Waals surface area contributed by atoms with Crippen LogP contribution in [0, 0.1) is 6.92 Å². The molecule has 1 aromatic carbocycles.